The molecule has 0 unspecified atom stereocenters. The van der Waals surface area contributed by atoms with Crippen molar-refractivity contribution in [2.75, 3.05) is 33.4 Å². The Kier molecular flexibility index (Phi) is 4.55. The van der Waals surface area contributed by atoms with Crippen LogP contribution in [0, 0.1) is 0 Å². The lowest BCUT2D eigenvalue weighted by Gasteiger charge is -2.00. The maximum Gasteiger partial charge on any atom is 0.0462 e. The molecule has 0 radical (unpaired) electrons. The summed E-state index contributed by atoms with van der Waals surface area (Å²) in [6, 6.07) is 0. The Morgan fingerprint density at radius 2 is 1.82 bits per heavy atom. The zero-order chi connectivity index (χ0) is 7.94. The average molecular weight is 157 g/mol. The molecule has 1 fully saturated rings. The molecule has 1 aliphatic rings. The van der Waals surface area contributed by atoms with E-state index in [-0.39, 0.29) is 0 Å². The number of nitrogens with zero attached hydrogens (tertiary/aromatic N) is 1. The molecule has 0 N–H and O–H groups in total. The van der Waals surface area contributed by atoms with E-state index in [1.165, 1.54) is 45.3 Å². The first-order valence-corrected chi connectivity index (χ1v) is 4.65. The highest BCUT2D eigenvalue weighted by Gasteiger charge is 2.14. The first-order valence-electron chi connectivity index (χ1n) is 4.65. The topological polar surface area (TPSA) is 12.2 Å². The van der Waals surface area contributed by atoms with Crippen molar-refractivity contribution in [2.45, 2.75) is 25.7 Å². The van der Waals surface area contributed by atoms with Gasteiger partial charge in [0.25, 0.3) is 0 Å². The third-order valence-corrected chi connectivity index (χ3v) is 2.11. The van der Waals surface area contributed by atoms with Gasteiger partial charge in [-0.3, -0.25) is 0 Å². The van der Waals surface area contributed by atoms with Gasteiger partial charge in [0.05, 0.1) is 0 Å². The summed E-state index contributed by atoms with van der Waals surface area (Å²) in [5, 5.41) is 0. The molecule has 0 atom stereocenters. The van der Waals surface area contributed by atoms with Crippen LogP contribution in [0.2, 0.25) is 0 Å². The summed E-state index contributed by atoms with van der Waals surface area (Å²) < 4.78 is 4.97. The summed E-state index contributed by atoms with van der Waals surface area (Å²) in [6.07, 6.45) is 5.32. The summed E-state index contributed by atoms with van der Waals surface area (Å²) in [5.41, 5.74) is 0. The van der Waals surface area contributed by atoms with E-state index < -0.39 is 0 Å². The molecule has 2 nitrogen and oxygen atoms in total. The number of rotatable bonds is 7. The van der Waals surface area contributed by atoms with E-state index in [1.807, 2.05) is 0 Å². The Labute approximate surface area is 69.5 Å². The van der Waals surface area contributed by atoms with Crippen molar-refractivity contribution in [2.24, 2.45) is 0 Å². The quantitative estimate of drug-likeness (QED) is 0.410. The Balaban J connectivity index is 1.66. The van der Waals surface area contributed by atoms with Crippen molar-refractivity contribution in [3.8, 4) is 0 Å². The normalized spacial score (nSPS) is 17.2. The van der Waals surface area contributed by atoms with E-state index in [4.69, 9.17) is 4.74 Å². The molecule has 0 saturated carbocycles. The van der Waals surface area contributed by atoms with E-state index in [9.17, 15) is 0 Å². The SMILES string of the molecule is COCCCCCCN1CC1. The predicted molar refractivity (Wildman–Crippen MR) is 46.8 cm³/mol. The number of unbranched alkanes of at least 4 members (excludes halogenated alkanes) is 3. The molecule has 1 aliphatic heterocycles. The third-order valence-electron chi connectivity index (χ3n) is 2.11. The van der Waals surface area contributed by atoms with Crippen molar-refractivity contribution in [3.63, 3.8) is 0 Å². The van der Waals surface area contributed by atoms with Crippen LogP contribution in [0.1, 0.15) is 25.7 Å². The molecular formula is C9H19NO. The maximum atomic E-state index is 4.97. The van der Waals surface area contributed by atoms with Crippen LogP contribution in [-0.2, 0) is 4.74 Å². The molecule has 66 valence electrons. The van der Waals surface area contributed by atoms with Gasteiger partial charge >= 0.3 is 0 Å². The van der Waals surface area contributed by atoms with E-state index in [2.05, 4.69) is 4.90 Å². The lowest BCUT2D eigenvalue weighted by molar-refractivity contribution is 0.192. The first-order chi connectivity index (χ1) is 5.43. The molecule has 0 spiro atoms. The van der Waals surface area contributed by atoms with E-state index in [0.29, 0.717) is 0 Å². The van der Waals surface area contributed by atoms with Gasteiger partial charge in [0.1, 0.15) is 0 Å². The molecule has 0 aliphatic carbocycles. The summed E-state index contributed by atoms with van der Waals surface area (Å²) in [5.74, 6) is 0. The van der Waals surface area contributed by atoms with Gasteiger partial charge in [-0.25, -0.2) is 0 Å². The lowest BCUT2D eigenvalue weighted by atomic mass is 10.2. The van der Waals surface area contributed by atoms with Crippen LogP contribution in [0.3, 0.4) is 0 Å². The van der Waals surface area contributed by atoms with Gasteiger partial charge in [-0.15, -0.1) is 0 Å². The smallest absolute Gasteiger partial charge is 0.0462 e. The largest absolute Gasteiger partial charge is 0.385 e. The van der Waals surface area contributed by atoms with E-state index >= 15 is 0 Å². The van der Waals surface area contributed by atoms with Crippen LogP contribution in [0.5, 0.6) is 0 Å². The molecule has 1 saturated heterocycles. The fourth-order valence-corrected chi connectivity index (χ4v) is 1.23. The maximum absolute atomic E-state index is 4.97. The van der Waals surface area contributed by atoms with E-state index in [0.717, 1.165) is 6.61 Å². The average Bonchev–Trinajstić information content (AvgIpc) is 2.80. The van der Waals surface area contributed by atoms with Gasteiger partial charge in [-0.2, -0.15) is 0 Å². The van der Waals surface area contributed by atoms with Crippen molar-refractivity contribution < 1.29 is 4.74 Å². The monoisotopic (exact) mass is 157 g/mol. The van der Waals surface area contributed by atoms with Crippen molar-refractivity contribution in [1.29, 1.82) is 0 Å². The second kappa shape index (κ2) is 5.56. The summed E-state index contributed by atoms with van der Waals surface area (Å²) in [7, 11) is 1.77. The van der Waals surface area contributed by atoms with Crippen molar-refractivity contribution in [3.05, 3.63) is 0 Å². The molecule has 1 heterocycles. The fraction of sp³-hybridized carbons (Fsp3) is 1.00. The van der Waals surface area contributed by atoms with Gasteiger partial charge in [-0.05, 0) is 19.4 Å². The Hall–Kier alpha value is -0.0800. The Bertz CT molecular complexity index is 91.6. The minimum absolute atomic E-state index is 0.934. The van der Waals surface area contributed by atoms with Crippen LogP contribution in [-0.4, -0.2) is 38.3 Å². The second-order valence-corrected chi connectivity index (χ2v) is 3.25. The highest BCUT2D eigenvalue weighted by molar-refractivity contribution is 4.71. The highest BCUT2D eigenvalue weighted by Crippen LogP contribution is 2.07. The number of hydrogen-bond donors (Lipinski definition) is 0. The van der Waals surface area contributed by atoms with Gasteiger partial charge in [0.15, 0.2) is 0 Å². The minimum atomic E-state index is 0.934. The minimum Gasteiger partial charge on any atom is -0.385 e. The number of ether oxygens (including phenoxy) is 1. The number of hydrogen-bond acceptors (Lipinski definition) is 2. The molecule has 0 bridgehead atoms. The highest BCUT2D eigenvalue weighted by atomic mass is 16.5. The summed E-state index contributed by atoms with van der Waals surface area (Å²) in [4.78, 5) is 2.48. The predicted octanol–water partition coefficient (Wildman–Crippen LogP) is 1.51. The standard InChI is InChI=1S/C9H19NO/c1-11-9-5-3-2-4-6-10-7-8-10/h2-9H2,1H3. The molecule has 2 heteroatoms. The van der Waals surface area contributed by atoms with Gasteiger partial charge in [0, 0.05) is 26.8 Å². The molecule has 0 aromatic rings. The van der Waals surface area contributed by atoms with Crippen LogP contribution >= 0.6 is 0 Å². The van der Waals surface area contributed by atoms with Crippen LogP contribution < -0.4 is 0 Å². The fourth-order valence-electron chi connectivity index (χ4n) is 1.23. The summed E-state index contributed by atoms with van der Waals surface area (Å²) >= 11 is 0. The molecule has 0 aromatic carbocycles. The number of methoxy groups -OCH3 is 1. The Morgan fingerprint density at radius 3 is 2.45 bits per heavy atom. The molecule has 0 aromatic heterocycles. The van der Waals surface area contributed by atoms with Gasteiger partial charge in [-0.1, -0.05) is 12.8 Å². The van der Waals surface area contributed by atoms with Crippen LogP contribution in [0.4, 0.5) is 0 Å². The van der Waals surface area contributed by atoms with Crippen molar-refractivity contribution >= 4 is 0 Å². The molecular weight excluding hydrogens is 138 g/mol. The third kappa shape index (κ3) is 5.22. The Morgan fingerprint density at radius 1 is 1.09 bits per heavy atom. The zero-order valence-electron chi connectivity index (χ0n) is 7.51. The lowest BCUT2D eigenvalue weighted by Crippen LogP contribution is -1.98. The molecule has 11 heavy (non-hydrogen) atoms. The van der Waals surface area contributed by atoms with Gasteiger partial charge < -0.3 is 9.64 Å². The van der Waals surface area contributed by atoms with Gasteiger partial charge in [0.2, 0.25) is 0 Å². The van der Waals surface area contributed by atoms with Crippen LogP contribution in [0.15, 0.2) is 0 Å². The molecule has 0 amide bonds. The molecule has 1 rings (SSSR count). The van der Waals surface area contributed by atoms with Crippen molar-refractivity contribution in [1.82, 2.24) is 4.90 Å². The van der Waals surface area contributed by atoms with Crippen LogP contribution in [0.25, 0.3) is 0 Å². The zero-order valence-corrected chi connectivity index (χ0v) is 7.51. The summed E-state index contributed by atoms with van der Waals surface area (Å²) in [6.45, 7) is 4.95. The van der Waals surface area contributed by atoms with E-state index in [1.54, 1.807) is 7.11 Å². The first kappa shape index (κ1) is 9.01. The second-order valence-electron chi connectivity index (χ2n) is 3.25.